The van der Waals surface area contributed by atoms with Crippen molar-refractivity contribution >= 4 is 12.0 Å². The number of likely N-dealkylation sites (tertiary alicyclic amines) is 1. The standard InChI is InChI=1S/C16H21NO2/c1-2-19-15-8-6-7-14(13-15)9-10-16(18)17-11-4-3-5-12-17/h6-10,13H,2-5,11-12H2,1H3/b10-9+. The minimum Gasteiger partial charge on any atom is -0.494 e. The van der Waals surface area contributed by atoms with Crippen LogP contribution in [0.2, 0.25) is 0 Å². The highest BCUT2D eigenvalue weighted by Crippen LogP contribution is 2.15. The molecule has 19 heavy (non-hydrogen) atoms. The van der Waals surface area contributed by atoms with Crippen molar-refractivity contribution in [3.63, 3.8) is 0 Å². The fraction of sp³-hybridized carbons (Fsp3) is 0.438. The van der Waals surface area contributed by atoms with Crippen LogP contribution < -0.4 is 4.74 Å². The summed E-state index contributed by atoms with van der Waals surface area (Å²) in [5.41, 5.74) is 0.997. The van der Waals surface area contributed by atoms with Gasteiger partial charge in [-0.05, 0) is 50.0 Å². The molecule has 1 aromatic carbocycles. The van der Waals surface area contributed by atoms with Gasteiger partial charge in [0.05, 0.1) is 6.61 Å². The maximum absolute atomic E-state index is 12.0. The van der Waals surface area contributed by atoms with Crippen LogP contribution in [-0.4, -0.2) is 30.5 Å². The first-order chi connectivity index (χ1) is 9.29. The number of hydrogen-bond donors (Lipinski definition) is 0. The van der Waals surface area contributed by atoms with E-state index < -0.39 is 0 Å². The molecule has 1 amide bonds. The lowest BCUT2D eigenvalue weighted by Crippen LogP contribution is -2.34. The van der Waals surface area contributed by atoms with E-state index in [0.717, 1.165) is 37.2 Å². The normalized spacial score (nSPS) is 15.7. The van der Waals surface area contributed by atoms with E-state index in [2.05, 4.69) is 0 Å². The van der Waals surface area contributed by atoms with Crippen LogP contribution in [0.5, 0.6) is 5.75 Å². The highest BCUT2D eigenvalue weighted by Gasteiger charge is 2.13. The van der Waals surface area contributed by atoms with Gasteiger partial charge in [-0.1, -0.05) is 12.1 Å². The van der Waals surface area contributed by atoms with E-state index in [9.17, 15) is 4.79 Å². The van der Waals surface area contributed by atoms with Gasteiger partial charge in [-0.3, -0.25) is 4.79 Å². The van der Waals surface area contributed by atoms with E-state index in [1.807, 2.05) is 42.2 Å². The van der Waals surface area contributed by atoms with Gasteiger partial charge < -0.3 is 9.64 Å². The van der Waals surface area contributed by atoms with Gasteiger partial charge in [0.1, 0.15) is 5.75 Å². The largest absolute Gasteiger partial charge is 0.494 e. The zero-order chi connectivity index (χ0) is 13.5. The molecule has 0 aliphatic carbocycles. The molecule has 0 saturated carbocycles. The second kappa shape index (κ2) is 6.98. The molecular weight excluding hydrogens is 238 g/mol. The van der Waals surface area contributed by atoms with Crippen molar-refractivity contribution in [1.82, 2.24) is 4.90 Å². The molecule has 1 aromatic rings. The second-order valence-electron chi connectivity index (χ2n) is 4.72. The third-order valence-electron chi connectivity index (χ3n) is 3.26. The van der Waals surface area contributed by atoms with Crippen molar-refractivity contribution in [1.29, 1.82) is 0 Å². The van der Waals surface area contributed by atoms with Crippen molar-refractivity contribution in [2.75, 3.05) is 19.7 Å². The molecule has 0 bridgehead atoms. The van der Waals surface area contributed by atoms with Gasteiger partial charge in [0, 0.05) is 19.2 Å². The van der Waals surface area contributed by atoms with Gasteiger partial charge >= 0.3 is 0 Å². The van der Waals surface area contributed by atoms with Crippen LogP contribution in [0.15, 0.2) is 30.3 Å². The van der Waals surface area contributed by atoms with Gasteiger partial charge in [0.2, 0.25) is 5.91 Å². The Morgan fingerprint density at radius 3 is 2.84 bits per heavy atom. The summed E-state index contributed by atoms with van der Waals surface area (Å²) >= 11 is 0. The zero-order valence-electron chi connectivity index (χ0n) is 11.5. The first-order valence-corrected chi connectivity index (χ1v) is 6.99. The molecular formula is C16H21NO2. The molecule has 0 atom stereocenters. The van der Waals surface area contributed by atoms with Crippen molar-refractivity contribution in [3.8, 4) is 5.75 Å². The van der Waals surface area contributed by atoms with Gasteiger partial charge in [-0.2, -0.15) is 0 Å². The molecule has 1 heterocycles. The number of benzene rings is 1. The van der Waals surface area contributed by atoms with Crippen LogP contribution in [0.1, 0.15) is 31.7 Å². The first-order valence-electron chi connectivity index (χ1n) is 6.99. The average molecular weight is 259 g/mol. The number of nitrogens with zero attached hydrogens (tertiary/aromatic N) is 1. The summed E-state index contributed by atoms with van der Waals surface area (Å²) in [5.74, 6) is 0.955. The molecule has 2 rings (SSSR count). The van der Waals surface area contributed by atoms with E-state index in [0.29, 0.717) is 6.61 Å². The lowest BCUT2D eigenvalue weighted by Gasteiger charge is -2.25. The molecule has 1 saturated heterocycles. The Kier molecular flexibility index (Phi) is 5.01. The van der Waals surface area contributed by atoms with Crippen LogP contribution in [0.25, 0.3) is 6.08 Å². The Bertz CT molecular complexity index is 448. The van der Waals surface area contributed by atoms with E-state index in [1.165, 1.54) is 6.42 Å². The summed E-state index contributed by atoms with van der Waals surface area (Å²) in [6.45, 7) is 4.40. The quantitative estimate of drug-likeness (QED) is 0.778. The SMILES string of the molecule is CCOc1cccc(/C=C/C(=O)N2CCCCC2)c1. The van der Waals surface area contributed by atoms with E-state index in [-0.39, 0.29) is 5.91 Å². The summed E-state index contributed by atoms with van der Waals surface area (Å²) in [5, 5.41) is 0. The summed E-state index contributed by atoms with van der Waals surface area (Å²) < 4.78 is 5.44. The Morgan fingerprint density at radius 2 is 2.11 bits per heavy atom. The number of carbonyl (C=O) groups is 1. The van der Waals surface area contributed by atoms with E-state index >= 15 is 0 Å². The van der Waals surface area contributed by atoms with Crippen molar-refractivity contribution in [2.24, 2.45) is 0 Å². The number of ether oxygens (including phenoxy) is 1. The fourth-order valence-corrected chi connectivity index (χ4v) is 2.26. The van der Waals surface area contributed by atoms with Crippen LogP contribution in [-0.2, 0) is 4.79 Å². The molecule has 0 spiro atoms. The minimum absolute atomic E-state index is 0.113. The number of carbonyl (C=O) groups excluding carboxylic acids is 1. The van der Waals surface area contributed by atoms with Crippen LogP contribution >= 0.6 is 0 Å². The van der Waals surface area contributed by atoms with Crippen molar-refractivity contribution in [2.45, 2.75) is 26.2 Å². The lowest BCUT2D eigenvalue weighted by molar-refractivity contribution is -0.126. The maximum atomic E-state index is 12.0. The topological polar surface area (TPSA) is 29.5 Å². The first kappa shape index (κ1) is 13.7. The minimum atomic E-state index is 0.113. The van der Waals surface area contributed by atoms with E-state index in [4.69, 9.17) is 4.74 Å². The van der Waals surface area contributed by atoms with Crippen LogP contribution in [0.4, 0.5) is 0 Å². The van der Waals surface area contributed by atoms with Gasteiger partial charge in [0.15, 0.2) is 0 Å². The molecule has 1 fully saturated rings. The Balaban J connectivity index is 1.97. The summed E-state index contributed by atoms with van der Waals surface area (Å²) in [6.07, 6.45) is 7.01. The fourth-order valence-electron chi connectivity index (χ4n) is 2.26. The maximum Gasteiger partial charge on any atom is 0.246 e. The zero-order valence-corrected chi connectivity index (χ0v) is 11.5. The lowest BCUT2D eigenvalue weighted by atomic mass is 10.1. The second-order valence-corrected chi connectivity index (χ2v) is 4.72. The number of piperidine rings is 1. The Morgan fingerprint density at radius 1 is 1.32 bits per heavy atom. The summed E-state index contributed by atoms with van der Waals surface area (Å²) in [4.78, 5) is 13.9. The van der Waals surface area contributed by atoms with Gasteiger partial charge in [0.25, 0.3) is 0 Å². The third-order valence-corrected chi connectivity index (χ3v) is 3.26. The van der Waals surface area contributed by atoms with E-state index in [1.54, 1.807) is 6.08 Å². The van der Waals surface area contributed by atoms with Gasteiger partial charge in [-0.15, -0.1) is 0 Å². The Hall–Kier alpha value is -1.77. The smallest absolute Gasteiger partial charge is 0.246 e. The highest BCUT2D eigenvalue weighted by molar-refractivity contribution is 5.91. The monoisotopic (exact) mass is 259 g/mol. The van der Waals surface area contributed by atoms with Gasteiger partial charge in [-0.25, -0.2) is 0 Å². The van der Waals surface area contributed by atoms with Crippen LogP contribution in [0, 0.1) is 0 Å². The molecule has 3 heteroatoms. The van der Waals surface area contributed by atoms with Crippen molar-refractivity contribution < 1.29 is 9.53 Å². The third kappa shape index (κ3) is 4.12. The predicted octanol–water partition coefficient (Wildman–Crippen LogP) is 3.11. The number of hydrogen-bond acceptors (Lipinski definition) is 2. The summed E-state index contributed by atoms with van der Waals surface area (Å²) in [7, 11) is 0. The molecule has 3 nitrogen and oxygen atoms in total. The molecule has 1 aliphatic rings. The predicted molar refractivity (Wildman–Crippen MR) is 77.1 cm³/mol. The molecule has 0 unspecified atom stereocenters. The molecule has 1 aliphatic heterocycles. The number of rotatable bonds is 4. The molecule has 0 N–H and O–H groups in total. The average Bonchev–Trinajstić information content (AvgIpc) is 2.46. The number of amides is 1. The molecule has 102 valence electrons. The summed E-state index contributed by atoms with van der Waals surface area (Å²) in [6, 6.07) is 7.79. The van der Waals surface area contributed by atoms with Crippen molar-refractivity contribution in [3.05, 3.63) is 35.9 Å². The molecule has 0 aromatic heterocycles. The van der Waals surface area contributed by atoms with Crippen LogP contribution in [0.3, 0.4) is 0 Å². The Labute approximate surface area is 114 Å². The molecule has 0 radical (unpaired) electrons. The highest BCUT2D eigenvalue weighted by atomic mass is 16.5.